The molecule has 0 radical (unpaired) electrons. The smallest absolute Gasteiger partial charge is 0.123 e. The Bertz CT molecular complexity index is 388. The van der Waals surface area contributed by atoms with Crippen LogP contribution in [0.1, 0.15) is 30.0 Å². The Morgan fingerprint density at radius 2 is 2.25 bits per heavy atom. The zero-order valence-electron chi connectivity index (χ0n) is 9.30. The normalized spacial score (nSPS) is 24.2. The molecule has 0 saturated heterocycles. The lowest BCUT2D eigenvalue weighted by molar-refractivity contribution is 0.465. The van der Waals surface area contributed by atoms with Gasteiger partial charge in [-0.3, -0.25) is 0 Å². The van der Waals surface area contributed by atoms with E-state index in [9.17, 15) is 4.39 Å². The van der Waals surface area contributed by atoms with Crippen molar-refractivity contribution in [1.29, 1.82) is 0 Å². The summed E-state index contributed by atoms with van der Waals surface area (Å²) in [7, 11) is 0. The third-order valence-corrected chi connectivity index (χ3v) is 3.45. The Morgan fingerprint density at radius 3 is 3.06 bits per heavy atom. The van der Waals surface area contributed by atoms with Crippen molar-refractivity contribution in [1.82, 2.24) is 10.6 Å². The second kappa shape index (κ2) is 4.15. The average Bonchev–Trinajstić information content (AvgIpc) is 3.09. The van der Waals surface area contributed by atoms with Gasteiger partial charge in [0.15, 0.2) is 0 Å². The second-order valence-electron chi connectivity index (χ2n) is 4.78. The van der Waals surface area contributed by atoms with E-state index in [-0.39, 0.29) is 5.82 Å². The lowest BCUT2D eigenvalue weighted by atomic mass is 9.94. The molecule has 1 heterocycles. The highest BCUT2D eigenvalue weighted by Crippen LogP contribution is 2.25. The van der Waals surface area contributed by atoms with Gasteiger partial charge in [-0.2, -0.15) is 0 Å². The molecular formula is C13H17FN2. The fourth-order valence-electron chi connectivity index (χ4n) is 2.38. The summed E-state index contributed by atoms with van der Waals surface area (Å²) >= 11 is 0. The first-order chi connectivity index (χ1) is 7.83. The highest BCUT2D eigenvalue weighted by molar-refractivity contribution is 5.33. The summed E-state index contributed by atoms with van der Waals surface area (Å²) in [4.78, 5) is 0. The van der Waals surface area contributed by atoms with E-state index < -0.39 is 0 Å². The summed E-state index contributed by atoms with van der Waals surface area (Å²) in [6.45, 7) is 1.91. The van der Waals surface area contributed by atoms with E-state index in [1.165, 1.54) is 24.0 Å². The van der Waals surface area contributed by atoms with E-state index in [0.717, 1.165) is 25.6 Å². The van der Waals surface area contributed by atoms with Crippen molar-refractivity contribution in [2.24, 2.45) is 0 Å². The molecule has 3 heteroatoms. The Kier molecular flexibility index (Phi) is 2.65. The van der Waals surface area contributed by atoms with Crippen LogP contribution in [-0.2, 0) is 6.42 Å². The zero-order chi connectivity index (χ0) is 11.0. The van der Waals surface area contributed by atoms with Crippen molar-refractivity contribution in [2.75, 3.05) is 13.1 Å². The maximum atomic E-state index is 13.1. The first kappa shape index (κ1) is 10.2. The summed E-state index contributed by atoms with van der Waals surface area (Å²) in [5.41, 5.74) is 2.43. The molecule has 1 aromatic carbocycles. The van der Waals surface area contributed by atoms with Gasteiger partial charge in [-0.05, 0) is 49.1 Å². The van der Waals surface area contributed by atoms with Gasteiger partial charge in [-0.15, -0.1) is 0 Å². The van der Waals surface area contributed by atoms with Gasteiger partial charge in [-0.1, -0.05) is 6.07 Å². The van der Waals surface area contributed by atoms with E-state index in [4.69, 9.17) is 0 Å². The molecule has 1 fully saturated rings. The van der Waals surface area contributed by atoms with Crippen LogP contribution in [-0.4, -0.2) is 19.1 Å². The average molecular weight is 220 g/mol. The maximum absolute atomic E-state index is 13.1. The van der Waals surface area contributed by atoms with Gasteiger partial charge in [-0.25, -0.2) is 4.39 Å². The first-order valence-corrected chi connectivity index (χ1v) is 6.08. The van der Waals surface area contributed by atoms with E-state index >= 15 is 0 Å². The molecule has 0 spiro atoms. The Morgan fingerprint density at radius 1 is 1.38 bits per heavy atom. The monoisotopic (exact) mass is 220 g/mol. The zero-order valence-corrected chi connectivity index (χ0v) is 9.30. The summed E-state index contributed by atoms with van der Waals surface area (Å²) in [6, 6.07) is 6.25. The van der Waals surface area contributed by atoms with Gasteiger partial charge in [0.05, 0.1) is 0 Å². The summed E-state index contributed by atoms with van der Waals surface area (Å²) in [6.07, 6.45) is 3.55. The molecule has 1 saturated carbocycles. The van der Waals surface area contributed by atoms with Gasteiger partial charge in [0.1, 0.15) is 5.82 Å². The third kappa shape index (κ3) is 2.11. The van der Waals surface area contributed by atoms with Gasteiger partial charge in [0.25, 0.3) is 0 Å². The van der Waals surface area contributed by atoms with Gasteiger partial charge in [0, 0.05) is 18.6 Å². The number of benzene rings is 1. The molecule has 16 heavy (non-hydrogen) atoms. The molecule has 1 unspecified atom stereocenters. The minimum Gasteiger partial charge on any atom is -0.312 e. The fraction of sp³-hybridized carbons (Fsp3) is 0.538. The number of hydrogen-bond donors (Lipinski definition) is 2. The van der Waals surface area contributed by atoms with Crippen LogP contribution in [0, 0.1) is 5.82 Å². The van der Waals surface area contributed by atoms with Crippen molar-refractivity contribution in [3.63, 3.8) is 0 Å². The van der Waals surface area contributed by atoms with Crippen LogP contribution < -0.4 is 10.6 Å². The predicted octanol–water partition coefficient (Wildman–Crippen LogP) is 1.76. The van der Waals surface area contributed by atoms with Crippen LogP contribution in [0.5, 0.6) is 0 Å². The minimum atomic E-state index is -0.116. The molecule has 2 N–H and O–H groups in total. The number of hydrogen-bond acceptors (Lipinski definition) is 2. The fourth-order valence-corrected chi connectivity index (χ4v) is 2.38. The molecule has 2 aliphatic rings. The molecule has 0 bridgehead atoms. The first-order valence-electron chi connectivity index (χ1n) is 6.08. The molecular weight excluding hydrogens is 203 g/mol. The predicted molar refractivity (Wildman–Crippen MR) is 61.9 cm³/mol. The molecule has 86 valence electrons. The van der Waals surface area contributed by atoms with Crippen LogP contribution in [0.15, 0.2) is 18.2 Å². The minimum absolute atomic E-state index is 0.116. The highest BCUT2D eigenvalue weighted by atomic mass is 19.1. The van der Waals surface area contributed by atoms with E-state index in [2.05, 4.69) is 10.6 Å². The molecule has 0 amide bonds. The lowest BCUT2D eigenvalue weighted by Gasteiger charge is -2.27. The summed E-state index contributed by atoms with van der Waals surface area (Å²) in [5.74, 6) is -0.116. The van der Waals surface area contributed by atoms with E-state index in [0.29, 0.717) is 6.04 Å². The maximum Gasteiger partial charge on any atom is 0.123 e. The largest absolute Gasteiger partial charge is 0.312 e. The summed E-state index contributed by atoms with van der Waals surface area (Å²) < 4.78 is 13.1. The van der Waals surface area contributed by atoms with Crippen molar-refractivity contribution in [3.05, 3.63) is 35.1 Å². The van der Waals surface area contributed by atoms with Gasteiger partial charge in [0.2, 0.25) is 0 Å². The van der Waals surface area contributed by atoms with Crippen LogP contribution in [0.4, 0.5) is 4.39 Å². The van der Waals surface area contributed by atoms with Gasteiger partial charge >= 0.3 is 0 Å². The van der Waals surface area contributed by atoms with Crippen molar-refractivity contribution >= 4 is 0 Å². The van der Waals surface area contributed by atoms with Crippen molar-refractivity contribution in [3.8, 4) is 0 Å². The Balaban J connectivity index is 1.76. The molecule has 0 aromatic heterocycles. The van der Waals surface area contributed by atoms with Crippen molar-refractivity contribution in [2.45, 2.75) is 31.3 Å². The van der Waals surface area contributed by atoms with Gasteiger partial charge < -0.3 is 10.6 Å². The molecule has 1 aliphatic heterocycles. The van der Waals surface area contributed by atoms with E-state index in [1.807, 2.05) is 6.07 Å². The molecule has 2 nitrogen and oxygen atoms in total. The number of nitrogens with one attached hydrogen (secondary N) is 2. The second-order valence-corrected chi connectivity index (χ2v) is 4.78. The van der Waals surface area contributed by atoms with Crippen LogP contribution in [0.3, 0.4) is 0 Å². The molecule has 3 rings (SSSR count). The molecule has 1 aromatic rings. The Hall–Kier alpha value is -0.930. The number of rotatable bonds is 3. The van der Waals surface area contributed by atoms with Crippen LogP contribution in [0.2, 0.25) is 0 Å². The third-order valence-electron chi connectivity index (χ3n) is 3.45. The highest BCUT2D eigenvalue weighted by Gasteiger charge is 2.24. The summed E-state index contributed by atoms with van der Waals surface area (Å²) in [5, 5.41) is 7.02. The number of halogens is 1. The lowest BCUT2D eigenvalue weighted by Crippen LogP contribution is -2.37. The quantitative estimate of drug-likeness (QED) is 0.811. The van der Waals surface area contributed by atoms with Crippen molar-refractivity contribution < 1.29 is 4.39 Å². The van der Waals surface area contributed by atoms with Crippen LogP contribution >= 0.6 is 0 Å². The number of fused-ring (bicyclic) bond motifs is 1. The Labute approximate surface area is 95.2 Å². The van der Waals surface area contributed by atoms with Crippen LogP contribution in [0.25, 0.3) is 0 Å². The standard InChI is InChI=1S/C13H17FN2/c14-10-1-4-12-9(7-10)5-6-15-13(12)8-16-11-2-3-11/h1,4,7,11,13,15-16H,2-3,5-6,8H2. The topological polar surface area (TPSA) is 24.1 Å². The SMILES string of the molecule is Fc1ccc2c(c1)CCNC2CNC1CC1. The van der Waals surface area contributed by atoms with E-state index in [1.54, 1.807) is 12.1 Å². The molecule has 1 atom stereocenters. The molecule has 1 aliphatic carbocycles.